The van der Waals surface area contributed by atoms with Gasteiger partial charge in [0.15, 0.2) is 0 Å². The van der Waals surface area contributed by atoms with Gasteiger partial charge in [-0.3, -0.25) is 4.79 Å². The number of rotatable bonds is 9. The summed E-state index contributed by atoms with van der Waals surface area (Å²) in [5.74, 6) is 0. The number of hydrogen-bond donors (Lipinski definition) is 1. The number of allylic oxidation sites excluding steroid dienone is 1. The maximum absolute atomic E-state index is 10.7. The predicted octanol–water partition coefficient (Wildman–Crippen LogP) is 4.40. The van der Waals surface area contributed by atoms with Gasteiger partial charge in [-0.05, 0) is 30.9 Å². The second kappa shape index (κ2) is 10.2. The highest BCUT2D eigenvalue weighted by atomic mass is 16.3. The Morgan fingerprint density at radius 2 is 2.00 bits per heavy atom. The Morgan fingerprint density at radius 1 is 1.20 bits per heavy atom. The summed E-state index contributed by atoms with van der Waals surface area (Å²) in [5, 5.41) is 9.83. The molecule has 20 heavy (non-hydrogen) atoms. The van der Waals surface area contributed by atoms with E-state index < -0.39 is 6.10 Å². The van der Waals surface area contributed by atoms with Crippen molar-refractivity contribution in [2.24, 2.45) is 0 Å². The van der Waals surface area contributed by atoms with Crippen LogP contribution in [0.5, 0.6) is 0 Å². The normalized spacial score (nSPS) is 13.1. The van der Waals surface area contributed by atoms with E-state index in [-0.39, 0.29) is 0 Å². The highest BCUT2D eigenvalue weighted by molar-refractivity contribution is 5.76. The summed E-state index contributed by atoms with van der Waals surface area (Å²) in [7, 11) is 0. The van der Waals surface area contributed by atoms with Crippen LogP contribution >= 0.6 is 0 Å². The van der Waals surface area contributed by atoms with E-state index in [2.05, 4.69) is 13.0 Å². The first-order valence-corrected chi connectivity index (χ1v) is 7.32. The first-order chi connectivity index (χ1) is 9.76. The van der Waals surface area contributed by atoms with E-state index in [0.717, 1.165) is 18.3 Å². The standard InChI is InChI=1S/C18H24O2/c1-2-3-4-5-6-7-11-18(20)13-12-16-9-8-10-17(14-16)15-19/h6-10,12-15,18,20H,2-5,11H2,1H3. The molecule has 2 nitrogen and oxygen atoms in total. The minimum Gasteiger partial charge on any atom is -0.389 e. The zero-order valence-corrected chi connectivity index (χ0v) is 12.2. The molecule has 1 N–H and O–H groups in total. The van der Waals surface area contributed by atoms with Crippen LogP contribution in [0.1, 0.15) is 54.9 Å². The molecule has 0 aliphatic heterocycles. The van der Waals surface area contributed by atoms with E-state index in [4.69, 9.17) is 0 Å². The van der Waals surface area contributed by atoms with Gasteiger partial charge in [-0.1, -0.05) is 62.3 Å². The Bertz CT molecular complexity index is 446. The molecule has 2 heteroatoms. The zero-order chi connectivity index (χ0) is 14.6. The van der Waals surface area contributed by atoms with E-state index in [9.17, 15) is 9.90 Å². The largest absolute Gasteiger partial charge is 0.389 e. The van der Waals surface area contributed by atoms with E-state index in [1.165, 1.54) is 19.3 Å². The summed E-state index contributed by atoms with van der Waals surface area (Å²) >= 11 is 0. The molecule has 1 unspecified atom stereocenters. The molecule has 0 saturated heterocycles. The Hall–Kier alpha value is -1.67. The molecule has 1 aromatic rings. The molecule has 1 atom stereocenters. The predicted molar refractivity (Wildman–Crippen MR) is 84.8 cm³/mol. The smallest absolute Gasteiger partial charge is 0.150 e. The van der Waals surface area contributed by atoms with Crippen LogP contribution in [0.3, 0.4) is 0 Å². The summed E-state index contributed by atoms with van der Waals surface area (Å²) in [6, 6.07) is 7.32. The van der Waals surface area contributed by atoms with Gasteiger partial charge in [-0.25, -0.2) is 0 Å². The van der Waals surface area contributed by atoms with Gasteiger partial charge >= 0.3 is 0 Å². The summed E-state index contributed by atoms with van der Waals surface area (Å²) in [5.41, 5.74) is 1.58. The highest BCUT2D eigenvalue weighted by Crippen LogP contribution is 2.07. The second-order valence-corrected chi connectivity index (χ2v) is 4.92. The van der Waals surface area contributed by atoms with Crippen molar-refractivity contribution >= 4 is 12.4 Å². The SMILES string of the molecule is CCCCCC=CCC(O)C=Cc1cccc(C=O)c1. The van der Waals surface area contributed by atoms with E-state index in [0.29, 0.717) is 12.0 Å². The third-order valence-electron chi connectivity index (χ3n) is 3.08. The van der Waals surface area contributed by atoms with Gasteiger partial charge in [-0.15, -0.1) is 0 Å². The molecule has 108 valence electrons. The lowest BCUT2D eigenvalue weighted by atomic mass is 10.1. The third kappa shape index (κ3) is 7.05. The average Bonchev–Trinajstić information content (AvgIpc) is 2.49. The van der Waals surface area contributed by atoms with Crippen molar-refractivity contribution in [2.75, 3.05) is 0 Å². The van der Waals surface area contributed by atoms with Crippen molar-refractivity contribution in [2.45, 2.75) is 45.1 Å². The molecular formula is C18H24O2. The Kier molecular flexibility index (Phi) is 8.32. The molecule has 0 aliphatic carbocycles. The molecular weight excluding hydrogens is 248 g/mol. The molecule has 0 aromatic heterocycles. The van der Waals surface area contributed by atoms with Crippen LogP contribution in [0.4, 0.5) is 0 Å². The number of aliphatic hydroxyl groups is 1. The minimum absolute atomic E-state index is 0.475. The van der Waals surface area contributed by atoms with Crippen molar-refractivity contribution in [3.8, 4) is 0 Å². The highest BCUT2D eigenvalue weighted by Gasteiger charge is 1.96. The first kappa shape index (κ1) is 16.4. The van der Waals surface area contributed by atoms with Gasteiger partial charge in [0.05, 0.1) is 6.10 Å². The van der Waals surface area contributed by atoms with Crippen LogP contribution in [-0.4, -0.2) is 17.5 Å². The maximum atomic E-state index is 10.7. The van der Waals surface area contributed by atoms with Crippen LogP contribution in [-0.2, 0) is 0 Å². The van der Waals surface area contributed by atoms with Crippen molar-refractivity contribution in [1.29, 1.82) is 0 Å². The molecule has 0 bridgehead atoms. The fourth-order valence-electron chi connectivity index (χ4n) is 1.90. The molecule has 0 aliphatic rings. The maximum Gasteiger partial charge on any atom is 0.150 e. The molecule has 0 saturated carbocycles. The molecule has 0 heterocycles. The molecule has 0 amide bonds. The Balaban J connectivity index is 2.35. The summed E-state index contributed by atoms with van der Waals surface area (Å²) in [4.78, 5) is 10.7. The molecule has 0 spiro atoms. The quantitative estimate of drug-likeness (QED) is 0.411. The van der Waals surface area contributed by atoms with Crippen LogP contribution < -0.4 is 0 Å². The molecule has 1 rings (SSSR count). The number of unbranched alkanes of at least 4 members (excludes halogenated alkanes) is 3. The third-order valence-corrected chi connectivity index (χ3v) is 3.08. The fraction of sp³-hybridized carbons (Fsp3) is 0.389. The molecule has 1 aromatic carbocycles. The van der Waals surface area contributed by atoms with Crippen LogP contribution in [0.15, 0.2) is 42.5 Å². The lowest BCUT2D eigenvalue weighted by Gasteiger charge is -2.01. The summed E-state index contributed by atoms with van der Waals surface area (Å²) in [6.07, 6.45) is 13.6. The van der Waals surface area contributed by atoms with E-state index in [1.54, 1.807) is 18.2 Å². The summed E-state index contributed by atoms with van der Waals surface area (Å²) in [6.45, 7) is 2.19. The lowest BCUT2D eigenvalue weighted by molar-refractivity contribution is 0.112. The topological polar surface area (TPSA) is 37.3 Å². The number of hydrogen-bond acceptors (Lipinski definition) is 2. The molecule has 0 radical (unpaired) electrons. The van der Waals surface area contributed by atoms with Gasteiger partial charge < -0.3 is 5.11 Å². The zero-order valence-electron chi connectivity index (χ0n) is 12.2. The number of benzene rings is 1. The van der Waals surface area contributed by atoms with E-state index in [1.807, 2.05) is 24.3 Å². The van der Waals surface area contributed by atoms with Crippen molar-refractivity contribution in [1.82, 2.24) is 0 Å². The van der Waals surface area contributed by atoms with E-state index >= 15 is 0 Å². The Morgan fingerprint density at radius 3 is 2.75 bits per heavy atom. The lowest BCUT2D eigenvalue weighted by Crippen LogP contribution is -1.99. The van der Waals surface area contributed by atoms with Crippen molar-refractivity contribution < 1.29 is 9.90 Å². The van der Waals surface area contributed by atoms with Crippen LogP contribution in [0.2, 0.25) is 0 Å². The number of aldehydes is 1. The van der Waals surface area contributed by atoms with Gasteiger partial charge in [0, 0.05) is 5.56 Å². The Labute approximate surface area is 121 Å². The van der Waals surface area contributed by atoms with Gasteiger partial charge in [0.1, 0.15) is 6.29 Å². The fourth-order valence-corrected chi connectivity index (χ4v) is 1.90. The number of carbonyl (C=O) groups excluding carboxylic acids is 1. The van der Waals surface area contributed by atoms with Crippen LogP contribution in [0, 0.1) is 0 Å². The van der Waals surface area contributed by atoms with Gasteiger partial charge in [0.2, 0.25) is 0 Å². The van der Waals surface area contributed by atoms with Crippen molar-refractivity contribution in [3.05, 3.63) is 53.6 Å². The number of aliphatic hydroxyl groups excluding tert-OH is 1. The summed E-state index contributed by atoms with van der Waals surface area (Å²) < 4.78 is 0. The average molecular weight is 272 g/mol. The van der Waals surface area contributed by atoms with Gasteiger partial charge in [0.25, 0.3) is 0 Å². The minimum atomic E-state index is -0.475. The first-order valence-electron chi connectivity index (χ1n) is 7.32. The number of carbonyl (C=O) groups is 1. The van der Waals surface area contributed by atoms with Crippen molar-refractivity contribution in [3.63, 3.8) is 0 Å². The van der Waals surface area contributed by atoms with Crippen LogP contribution in [0.25, 0.3) is 6.08 Å². The second-order valence-electron chi connectivity index (χ2n) is 4.92. The molecule has 0 fully saturated rings. The van der Waals surface area contributed by atoms with Gasteiger partial charge in [-0.2, -0.15) is 0 Å². The monoisotopic (exact) mass is 272 g/mol.